The molecule has 0 atom stereocenters. The Bertz CT molecular complexity index is 536. The van der Waals surface area contributed by atoms with Crippen LogP contribution in [0.2, 0.25) is 0 Å². The number of unbranched alkanes of at least 4 members (excludes halogenated alkanes) is 13. The molecule has 1 N–H and O–H groups in total. The minimum Gasteiger partial charge on any atom is -0.383 e. The van der Waals surface area contributed by atoms with Crippen molar-refractivity contribution in [3.8, 4) is 6.07 Å². The number of halogens is 1. The lowest BCUT2D eigenvalue weighted by atomic mass is 10.0. The Morgan fingerprint density at radius 1 is 0.821 bits per heavy atom. The number of hydrogen-bond acceptors (Lipinski definition) is 2. The Balaban J connectivity index is 1.91. The van der Waals surface area contributed by atoms with Crippen LogP contribution in [0.1, 0.15) is 109 Å². The molecule has 0 amide bonds. The third-order valence-electron chi connectivity index (χ3n) is 5.40. The van der Waals surface area contributed by atoms with Gasteiger partial charge in [-0.1, -0.05) is 96.5 Å². The minimum atomic E-state index is -0.208. The van der Waals surface area contributed by atoms with Gasteiger partial charge in [-0.3, -0.25) is 0 Å². The smallest absolute Gasteiger partial charge is 0.146 e. The van der Waals surface area contributed by atoms with E-state index >= 15 is 0 Å². The van der Waals surface area contributed by atoms with Crippen molar-refractivity contribution in [2.75, 3.05) is 11.9 Å². The van der Waals surface area contributed by atoms with Gasteiger partial charge in [0.05, 0.1) is 11.8 Å². The maximum Gasteiger partial charge on any atom is 0.146 e. The van der Waals surface area contributed by atoms with Crippen molar-refractivity contribution in [1.82, 2.24) is 0 Å². The SMILES string of the molecule is CCCCCCCCCCCCCCCCNc1ccc(CCC#N)cc1F. The van der Waals surface area contributed by atoms with Gasteiger partial charge in [0.25, 0.3) is 0 Å². The normalized spacial score (nSPS) is 10.8. The molecule has 0 spiro atoms. The molecule has 0 aliphatic carbocycles. The number of nitrogens with one attached hydrogen (secondary N) is 1. The summed E-state index contributed by atoms with van der Waals surface area (Å²) in [6, 6.07) is 7.35. The molecule has 0 aliphatic heterocycles. The summed E-state index contributed by atoms with van der Waals surface area (Å²) in [5.74, 6) is -0.208. The number of rotatable bonds is 18. The molecular weight excluding hydrogens is 347 g/mol. The van der Waals surface area contributed by atoms with Crippen LogP contribution < -0.4 is 5.32 Å². The van der Waals surface area contributed by atoms with Crippen molar-refractivity contribution in [3.05, 3.63) is 29.6 Å². The van der Waals surface area contributed by atoms with E-state index < -0.39 is 0 Å². The van der Waals surface area contributed by atoms with E-state index in [1.165, 1.54) is 83.5 Å². The van der Waals surface area contributed by atoms with Gasteiger partial charge in [-0.15, -0.1) is 0 Å². The first-order valence-corrected chi connectivity index (χ1v) is 11.7. The quantitative estimate of drug-likeness (QED) is 0.257. The van der Waals surface area contributed by atoms with Gasteiger partial charge >= 0.3 is 0 Å². The Kier molecular flexibility index (Phi) is 15.3. The molecule has 0 heterocycles. The standard InChI is InChI=1S/C25H41FN2/c1-2-3-4-5-6-7-8-9-10-11-12-13-14-15-21-28-25-19-18-23(17-16-20-27)22-24(25)26/h18-19,22,28H,2-17,21H2,1H3. The summed E-state index contributed by atoms with van der Waals surface area (Å²) in [5.41, 5.74) is 1.47. The first-order chi connectivity index (χ1) is 13.8. The molecule has 0 aromatic heterocycles. The van der Waals surface area contributed by atoms with E-state index in [4.69, 9.17) is 5.26 Å². The molecule has 0 bridgehead atoms. The molecule has 1 aromatic carbocycles. The van der Waals surface area contributed by atoms with Gasteiger partial charge in [0.2, 0.25) is 0 Å². The highest BCUT2D eigenvalue weighted by Gasteiger charge is 2.03. The molecule has 158 valence electrons. The first-order valence-electron chi connectivity index (χ1n) is 11.7. The Labute approximate surface area is 172 Å². The summed E-state index contributed by atoms with van der Waals surface area (Å²) < 4.78 is 14.0. The summed E-state index contributed by atoms with van der Waals surface area (Å²) >= 11 is 0. The maximum atomic E-state index is 14.0. The fourth-order valence-corrected chi connectivity index (χ4v) is 3.60. The largest absolute Gasteiger partial charge is 0.383 e. The second-order valence-corrected chi connectivity index (χ2v) is 8.00. The summed E-state index contributed by atoms with van der Waals surface area (Å²) in [4.78, 5) is 0. The fourth-order valence-electron chi connectivity index (χ4n) is 3.60. The van der Waals surface area contributed by atoms with Gasteiger partial charge in [-0.25, -0.2) is 4.39 Å². The Morgan fingerprint density at radius 3 is 1.86 bits per heavy atom. The monoisotopic (exact) mass is 388 g/mol. The number of anilines is 1. The molecule has 1 rings (SSSR count). The lowest BCUT2D eigenvalue weighted by Crippen LogP contribution is -2.03. The van der Waals surface area contributed by atoms with Crippen molar-refractivity contribution in [1.29, 1.82) is 5.26 Å². The van der Waals surface area contributed by atoms with Gasteiger partial charge in [0.15, 0.2) is 0 Å². The summed E-state index contributed by atoms with van der Waals surface area (Å²) in [6.45, 7) is 3.10. The van der Waals surface area contributed by atoms with Crippen molar-refractivity contribution in [3.63, 3.8) is 0 Å². The van der Waals surface area contributed by atoms with Crippen LogP contribution in [-0.2, 0) is 6.42 Å². The number of hydrogen-bond donors (Lipinski definition) is 1. The van der Waals surface area contributed by atoms with Crippen LogP contribution in [-0.4, -0.2) is 6.54 Å². The van der Waals surface area contributed by atoms with Crippen molar-refractivity contribution < 1.29 is 4.39 Å². The van der Waals surface area contributed by atoms with Gasteiger partial charge in [0, 0.05) is 13.0 Å². The predicted octanol–water partition coefficient (Wildman–Crippen LogP) is 8.18. The van der Waals surface area contributed by atoms with Crippen LogP contribution in [0.5, 0.6) is 0 Å². The molecular formula is C25H41FN2. The molecule has 0 unspecified atom stereocenters. The van der Waals surface area contributed by atoms with Crippen LogP contribution in [0.3, 0.4) is 0 Å². The maximum absolute atomic E-state index is 14.0. The van der Waals surface area contributed by atoms with E-state index in [2.05, 4.69) is 18.3 Å². The van der Waals surface area contributed by atoms with E-state index in [1.54, 1.807) is 12.1 Å². The van der Waals surface area contributed by atoms with Crippen LogP contribution in [0, 0.1) is 17.1 Å². The highest BCUT2D eigenvalue weighted by Crippen LogP contribution is 2.17. The molecule has 0 fully saturated rings. The van der Waals surface area contributed by atoms with E-state index in [1.807, 2.05) is 6.07 Å². The zero-order chi connectivity index (χ0) is 20.3. The van der Waals surface area contributed by atoms with Gasteiger partial charge < -0.3 is 5.32 Å². The van der Waals surface area contributed by atoms with Crippen LogP contribution in [0.15, 0.2) is 18.2 Å². The van der Waals surface area contributed by atoms with Gasteiger partial charge in [0.1, 0.15) is 5.82 Å². The lowest BCUT2D eigenvalue weighted by Gasteiger charge is -2.09. The summed E-state index contributed by atoms with van der Waals surface area (Å²) in [6.07, 6.45) is 20.0. The topological polar surface area (TPSA) is 35.8 Å². The molecule has 2 nitrogen and oxygen atoms in total. The zero-order valence-electron chi connectivity index (χ0n) is 18.1. The molecule has 3 heteroatoms. The average Bonchev–Trinajstić information content (AvgIpc) is 2.70. The van der Waals surface area contributed by atoms with E-state index in [-0.39, 0.29) is 5.82 Å². The molecule has 0 radical (unpaired) electrons. The third-order valence-corrected chi connectivity index (χ3v) is 5.40. The zero-order valence-corrected chi connectivity index (χ0v) is 18.1. The van der Waals surface area contributed by atoms with Crippen molar-refractivity contribution in [2.45, 2.75) is 110 Å². The fraction of sp³-hybridized carbons (Fsp3) is 0.720. The number of nitrogens with zero attached hydrogens (tertiary/aromatic N) is 1. The van der Waals surface area contributed by atoms with Crippen LogP contribution in [0.4, 0.5) is 10.1 Å². The number of aryl methyl sites for hydroxylation is 1. The summed E-state index contributed by atoms with van der Waals surface area (Å²) in [7, 11) is 0. The summed E-state index contributed by atoms with van der Waals surface area (Å²) in [5, 5.41) is 11.8. The molecule has 0 aliphatic rings. The second kappa shape index (κ2) is 17.5. The number of nitriles is 1. The van der Waals surface area contributed by atoms with Crippen molar-refractivity contribution >= 4 is 5.69 Å². The molecule has 0 saturated heterocycles. The Morgan fingerprint density at radius 2 is 1.36 bits per heavy atom. The molecule has 0 saturated carbocycles. The highest BCUT2D eigenvalue weighted by atomic mass is 19.1. The average molecular weight is 389 g/mol. The van der Waals surface area contributed by atoms with Crippen LogP contribution in [0.25, 0.3) is 0 Å². The number of benzene rings is 1. The first kappa shape index (κ1) is 24.5. The minimum absolute atomic E-state index is 0.208. The lowest BCUT2D eigenvalue weighted by molar-refractivity contribution is 0.537. The Hall–Kier alpha value is -1.56. The predicted molar refractivity (Wildman–Crippen MR) is 119 cm³/mol. The van der Waals surface area contributed by atoms with E-state index in [0.717, 1.165) is 18.5 Å². The van der Waals surface area contributed by atoms with E-state index in [0.29, 0.717) is 18.5 Å². The van der Waals surface area contributed by atoms with Gasteiger partial charge in [-0.2, -0.15) is 5.26 Å². The molecule has 28 heavy (non-hydrogen) atoms. The van der Waals surface area contributed by atoms with Crippen LogP contribution >= 0.6 is 0 Å². The van der Waals surface area contributed by atoms with Crippen molar-refractivity contribution in [2.24, 2.45) is 0 Å². The molecule has 1 aromatic rings. The second-order valence-electron chi connectivity index (χ2n) is 8.00. The third kappa shape index (κ3) is 12.8. The van der Waals surface area contributed by atoms with Gasteiger partial charge in [-0.05, 0) is 30.5 Å². The highest BCUT2D eigenvalue weighted by molar-refractivity contribution is 5.46. The van der Waals surface area contributed by atoms with E-state index in [9.17, 15) is 4.39 Å².